The van der Waals surface area contributed by atoms with Gasteiger partial charge in [-0.25, -0.2) is 9.97 Å². The third kappa shape index (κ3) is 5.22. The summed E-state index contributed by atoms with van der Waals surface area (Å²) >= 11 is 0. The van der Waals surface area contributed by atoms with Crippen LogP contribution in [0.3, 0.4) is 0 Å². The first-order valence-electron chi connectivity index (χ1n) is 12.9. The Balaban J connectivity index is 1.43. The monoisotopic (exact) mass is 469 g/mol. The number of fused-ring (bicyclic) bond motifs is 1. The number of likely N-dealkylation sites (N-methyl/N-ethyl adjacent to an activating group) is 1. The van der Waals surface area contributed by atoms with Crippen LogP contribution in [-0.2, 0) is 19.4 Å². The van der Waals surface area contributed by atoms with Crippen LogP contribution in [0.15, 0.2) is 54.6 Å². The molecule has 1 fully saturated rings. The lowest BCUT2D eigenvalue weighted by Gasteiger charge is -2.37. The molecule has 1 aromatic heterocycles. The highest BCUT2D eigenvalue weighted by Crippen LogP contribution is 2.31. The summed E-state index contributed by atoms with van der Waals surface area (Å²) in [5.74, 6) is 1.87. The van der Waals surface area contributed by atoms with Crippen LogP contribution >= 0.6 is 0 Å². The average molecular weight is 470 g/mol. The molecular weight excluding hydrogens is 434 g/mol. The maximum atomic E-state index is 13.4. The largest absolute Gasteiger partial charge is 0.354 e. The van der Waals surface area contributed by atoms with Crippen molar-refractivity contribution in [3.63, 3.8) is 0 Å². The van der Waals surface area contributed by atoms with Gasteiger partial charge in [-0.05, 0) is 37.6 Å². The molecule has 0 aliphatic carbocycles. The van der Waals surface area contributed by atoms with Crippen LogP contribution in [0.2, 0.25) is 0 Å². The van der Waals surface area contributed by atoms with E-state index in [9.17, 15) is 4.79 Å². The van der Waals surface area contributed by atoms with Crippen molar-refractivity contribution in [3.05, 3.63) is 77.0 Å². The Morgan fingerprint density at radius 3 is 2.37 bits per heavy atom. The average Bonchev–Trinajstić information content (AvgIpc) is 2.92. The molecule has 1 amide bonds. The number of aromatic nitrogens is 2. The van der Waals surface area contributed by atoms with Gasteiger partial charge in [0.25, 0.3) is 5.91 Å². The highest BCUT2D eigenvalue weighted by Gasteiger charge is 2.29. The Bertz CT molecular complexity index is 1150. The Morgan fingerprint density at radius 1 is 0.914 bits per heavy atom. The van der Waals surface area contributed by atoms with Crippen molar-refractivity contribution in [2.75, 3.05) is 44.7 Å². The minimum atomic E-state index is 0.0918. The van der Waals surface area contributed by atoms with E-state index in [1.807, 2.05) is 35.2 Å². The molecule has 2 aliphatic heterocycles. The lowest BCUT2D eigenvalue weighted by atomic mass is 10.0. The first kappa shape index (κ1) is 23.5. The van der Waals surface area contributed by atoms with Gasteiger partial charge in [0.15, 0.2) is 5.82 Å². The fraction of sp³-hybridized carbons (Fsp3) is 0.414. The second-order valence-corrected chi connectivity index (χ2v) is 9.73. The molecule has 0 atom stereocenters. The quantitative estimate of drug-likeness (QED) is 0.534. The SMILES string of the molecule is CCCCc1ccc(C(=O)N2CCc3nc(-c4ccccc4)nc(N4CCN(C)CC4)c3C2)cc1. The van der Waals surface area contributed by atoms with E-state index in [4.69, 9.17) is 9.97 Å². The van der Waals surface area contributed by atoms with Crippen molar-refractivity contribution < 1.29 is 4.79 Å². The summed E-state index contributed by atoms with van der Waals surface area (Å²) in [5.41, 5.74) is 5.27. The fourth-order valence-electron chi connectivity index (χ4n) is 4.94. The summed E-state index contributed by atoms with van der Waals surface area (Å²) < 4.78 is 0. The predicted octanol–water partition coefficient (Wildman–Crippen LogP) is 4.44. The molecule has 6 nitrogen and oxygen atoms in total. The number of anilines is 1. The standard InChI is InChI=1S/C29H35N5O/c1-3-4-8-22-11-13-24(14-12-22)29(35)34-16-15-26-25(21-34)28(33-19-17-32(2)18-20-33)31-27(30-26)23-9-6-5-7-10-23/h5-7,9-14H,3-4,8,15-21H2,1-2H3. The predicted molar refractivity (Wildman–Crippen MR) is 141 cm³/mol. The molecule has 2 aromatic carbocycles. The number of hydrogen-bond acceptors (Lipinski definition) is 5. The molecular formula is C29H35N5O. The lowest BCUT2D eigenvalue weighted by molar-refractivity contribution is 0.0733. The van der Waals surface area contributed by atoms with Gasteiger partial charge >= 0.3 is 0 Å². The number of nitrogens with zero attached hydrogens (tertiary/aromatic N) is 5. The van der Waals surface area contributed by atoms with Gasteiger partial charge in [-0.2, -0.15) is 0 Å². The molecule has 0 spiro atoms. The number of hydrogen-bond donors (Lipinski definition) is 0. The van der Waals surface area contributed by atoms with Crippen molar-refractivity contribution >= 4 is 11.7 Å². The molecule has 35 heavy (non-hydrogen) atoms. The van der Waals surface area contributed by atoms with E-state index >= 15 is 0 Å². The zero-order chi connectivity index (χ0) is 24.2. The van der Waals surface area contributed by atoms with Gasteiger partial charge in [0, 0.05) is 55.8 Å². The second kappa shape index (κ2) is 10.6. The summed E-state index contributed by atoms with van der Waals surface area (Å²) in [6.07, 6.45) is 4.17. The van der Waals surface area contributed by atoms with E-state index in [0.717, 1.165) is 73.0 Å². The number of piperazine rings is 1. The van der Waals surface area contributed by atoms with E-state index in [2.05, 4.69) is 48.0 Å². The van der Waals surface area contributed by atoms with E-state index in [1.54, 1.807) is 0 Å². The van der Waals surface area contributed by atoms with Crippen molar-refractivity contribution in [2.45, 2.75) is 39.2 Å². The molecule has 3 heterocycles. The maximum absolute atomic E-state index is 13.4. The fourth-order valence-corrected chi connectivity index (χ4v) is 4.94. The minimum absolute atomic E-state index is 0.0918. The lowest BCUT2D eigenvalue weighted by Crippen LogP contribution is -2.46. The van der Waals surface area contributed by atoms with Crippen LogP contribution in [0.25, 0.3) is 11.4 Å². The summed E-state index contributed by atoms with van der Waals surface area (Å²) in [6.45, 7) is 7.32. The van der Waals surface area contributed by atoms with Crippen LogP contribution in [0.4, 0.5) is 5.82 Å². The third-order valence-corrected chi connectivity index (χ3v) is 7.18. The van der Waals surface area contributed by atoms with Crippen LogP contribution < -0.4 is 4.90 Å². The molecule has 0 bridgehead atoms. The van der Waals surface area contributed by atoms with Gasteiger partial charge in [-0.1, -0.05) is 55.8 Å². The van der Waals surface area contributed by atoms with Gasteiger partial charge in [0.2, 0.25) is 0 Å². The molecule has 0 N–H and O–H groups in total. The summed E-state index contributed by atoms with van der Waals surface area (Å²) in [6, 6.07) is 18.4. The van der Waals surface area contributed by atoms with Crippen LogP contribution in [-0.4, -0.2) is 65.4 Å². The number of carbonyl (C=O) groups excluding carboxylic acids is 1. The van der Waals surface area contributed by atoms with Crippen molar-refractivity contribution in [1.82, 2.24) is 19.8 Å². The van der Waals surface area contributed by atoms with Gasteiger partial charge in [0.05, 0.1) is 12.2 Å². The number of amides is 1. The Hall–Kier alpha value is -3.25. The molecule has 0 saturated carbocycles. The van der Waals surface area contributed by atoms with Crippen LogP contribution in [0.5, 0.6) is 0 Å². The van der Waals surface area contributed by atoms with Gasteiger partial charge in [-0.3, -0.25) is 4.79 Å². The first-order chi connectivity index (χ1) is 17.1. The van der Waals surface area contributed by atoms with Crippen molar-refractivity contribution in [3.8, 4) is 11.4 Å². The second-order valence-electron chi connectivity index (χ2n) is 9.73. The zero-order valence-electron chi connectivity index (χ0n) is 20.9. The molecule has 0 unspecified atom stereocenters. The molecule has 3 aromatic rings. The third-order valence-electron chi connectivity index (χ3n) is 7.18. The molecule has 0 radical (unpaired) electrons. The molecule has 2 aliphatic rings. The van der Waals surface area contributed by atoms with E-state index < -0.39 is 0 Å². The Kier molecular flexibility index (Phi) is 7.09. The van der Waals surface area contributed by atoms with Gasteiger partial charge in [0.1, 0.15) is 5.82 Å². The Labute approximate surface area is 208 Å². The number of rotatable bonds is 6. The smallest absolute Gasteiger partial charge is 0.254 e. The number of carbonyl (C=O) groups is 1. The maximum Gasteiger partial charge on any atom is 0.254 e. The van der Waals surface area contributed by atoms with Crippen molar-refractivity contribution in [1.29, 1.82) is 0 Å². The van der Waals surface area contributed by atoms with Crippen LogP contribution in [0.1, 0.15) is 46.9 Å². The van der Waals surface area contributed by atoms with E-state index in [-0.39, 0.29) is 5.91 Å². The highest BCUT2D eigenvalue weighted by molar-refractivity contribution is 5.94. The van der Waals surface area contributed by atoms with E-state index in [1.165, 1.54) is 18.4 Å². The number of benzene rings is 2. The van der Waals surface area contributed by atoms with Crippen LogP contribution in [0, 0.1) is 0 Å². The number of unbranched alkanes of at least 4 members (excludes halogenated alkanes) is 1. The summed E-state index contributed by atoms with van der Waals surface area (Å²) in [4.78, 5) is 30.2. The Morgan fingerprint density at radius 2 is 1.66 bits per heavy atom. The molecule has 6 heteroatoms. The zero-order valence-corrected chi connectivity index (χ0v) is 20.9. The van der Waals surface area contributed by atoms with E-state index in [0.29, 0.717) is 13.1 Å². The van der Waals surface area contributed by atoms with Crippen molar-refractivity contribution in [2.24, 2.45) is 0 Å². The topological polar surface area (TPSA) is 52.6 Å². The first-order valence-corrected chi connectivity index (χ1v) is 12.9. The highest BCUT2D eigenvalue weighted by atomic mass is 16.2. The van der Waals surface area contributed by atoms with Gasteiger partial charge < -0.3 is 14.7 Å². The van der Waals surface area contributed by atoms with Gasteiger partial charge in [-0.15, -0.1) is 0 Å². The molecule has 182 valence electrons. The molecule has 5 rings (SSSR count). The minimum Gasteiger partial charge on any atom is -0.354 e. The molecule has 1 saturated heterocycles. The number of aryl methyl sites for hydroxylation is 1. The summed E-state index contributed by atoms with van der Waals surface area (Å²) in [7, 11) is 2.16. The summed E-state index contributed by atoms with van der Waals surface area (Å²) in [5, 5.41) is 0. The normalized spacial score (nSPS) is 16.3.